The van der Waals surface area contributed by atoms with Crippen LogP contribution in [0.15, 0.2) is 35.5 Å². The standard InChI is InChI=1S/C21H34N4O4/c1-15(2)12-17(23-20(27)29-21(3,4)5)19(22)24-28-14-18(26)25(6)13-16-10-8-7-9-11-16/h7-11,15,17H,12-14H2,1-6H3,(H2,22,24)(H,23,27). The summed E-state index contributed by atoms with van der Waals surface area (Å²) >= 11 is 0. The Hall–Kier alpha value is -2.77. The van der Waals surface area contributed by atoms with E-state index in [1.807, 2.05) is 44.2 Å². The van der Waals surface area contributed by atoms with Crippen LogP contribution in [0.3, 0.4) is 0 Å². The lowest BCUT2D eigenvalue weighted by molar-refractivity contribution is -0.135. The van der Waals surface area contributed by atoms with Gasteiger partial charge in [-0.25, -0.2) is 4.79 Å². The molecule has 0 saturated heterocycles. The third kappa shape index (κ3) is 10.4. The van der Waals surface area contributed by atoms with Crippen LogP contribution in [0.4, 0.5) is 4.79 Å². The predicted octanol–water partition coefficient (Wildman–Crippen LogP) is 2.87. The summed E-state index contributed by atoms with van der Waals surface area (Å²) in [4.78, 5) is 31.0. The highest BCUT2D eigenvalue weighted by atomic mass is 16.6. The Kier molecular flexibility index (Phi) is 9.44. The molecular formula is C21H34N4O4. The molecule has 0 heterocycles. The van der Waals surface area contributed by atoms with Gasteiger partial charge in [-0.2, -0.15) is 0 Å². The van der Waals surface area contributed by atoms with E-state index in [-0.39, 0.29) is 24.3 Å². The fraction of sp³-hybridized carbons (Fsp3) is 0.571. The van der Waals surface area contributed by atoms with Crippen molar-refractivity contribution in [3.8, 4) is 0 Å². The Morgan fingerprint density at radius 1 is 1.21 bits per heavy atom. The molecule has 1 rings (SSSR count). The summed E-state index contributed by atoms with van der Waals surface area (Å²) in [6.45, 7) is 9.57. The number of alkyl carbamates (subject to hydrolysis) is 1. The molecule has 0 aliphatic heterocycles. The Morgan fingerprint density at radius 3 is 2.38 bits per heavy atom. The van der Waals surface area contributed by atoms with E-state index in [2.05, 4.69) is 10.5 Å². The van der Waals surface area contributed by atoms with Gasteiger partial charge in [0.25, 0.3) is 5.91 Å². The molecule has 0 bridgehead atoms. The van der Waals surface area contributed by atoms with Crippen molar-refractivity contribution in [2.75, 3.05) is 13.7 Å². The summed E-state index contributed by atoms with van der Waals surface area (Å²) < 4.78 is 5.27. The van der Waals surface area contributed by atoms with Crippen LogP contribution in [0, 0.1) is 5.92 Å². The van der Waals surface area contributed by atoms with Gasteiger partial charge in [0.15, 0.2) is 12.4 Å². The highest BCUT2D eigenvalue weighted by molar-refractivity contribution is 5.88. The molecule has 8 nitrogen and oxygen atoms in total. The first kappa shape index (κ1) is 24.3. The maximum atomic E-state index is 12.2. The van der Waals surface area contributed by atoms with Gasteiger partial charge in [-0.3, -0.25) is 4.79 Å². The number of rotatable bonds is 9. The van der Waals surface area contributed by atoms with E-state index in [9.17, 15) is 9.59 Å². The van der Waals surface area contributed by atoms with Crippen LogP contribution in [0.2, 0.25) is 0 Å². The lowest BCUT2D eigenvalue weighted by Gasteiger charge is -2.24. The number of hydrogen-bond acceptors (Lipinski definition) is 5. The van der Waals surface area contributed by atoms with Crippen molar-refractivity contribution < 1.29 is 19.2 Å². The number of nitrogens with zero attached hydrogens (tertiary/aromatic N) is 2. The van der Waals surface area contributed by atoms with Gasteiger partial charge in [0.2, 0.25) is 0 Å². The van der Waals surface area contributed by atoms with Gasteiger partial charge in [0, 0.05) is 13.6 Å². The average Bonchev–Trinajstić information content (AvgIpc) is 2.59. The molecule has 29 heavy (non-hydrogen) atoms. The molecule has 3 N–H and O–H groups in total. The lowest BCUT2D eigenvalue weighted by atomic mass is 10.0. The van der Waals surface area contributed by atoms with Gasteiger partial charge in [-0.1, -0.05) is 49.3 Å². The number of carbonyl (C=O) groups is 2. The summed E-state index contributed by atoms with van der Waals surface area (Å²) in [7, 11) is 1.69. The van der Waals surface area contributed by atoms with Crippen LogP contribution >= 0.6 is 0 Å². The number of benzene rings is 1. The number of nitrogens with two attached hydrogens (primary N) is 1. The minimum atomic E-state index is -0.620. The third-order valence-electron chi connectivity index (χ3n) is 3.80. The Morgan fingerprint density at radius 2 is 1.83 bits per heavy atom. The number of oxime groups is 1. The summed E-state index contributed by atoms with van der Waals surface area (Å²) in [6, 6.07) is 9.09. The molecule has 2 amide bonds. The maximum absolute atomic E-state index is 12.2. The van der Waals surface area contributed by atoms with Gasteiger partial charge < -0.3 is 25.5 Å². The van der Waals surface area contributed by atoms with Gasteiger partial charge in [-0.05, 0) is 38.7 Å². The number of likely N-dealkylation sites (N-methyl/N-ethyl adjacent to an activating group) is 1. The molecule has 1 aromatic carbocycles. The second-order valence-corrected chi connectivity index (χ2v) is 8.35. The van der Waals surface area contributed by atoms with Crippen molar-refractivity contribution >= 4 is 17.8 Å². The fourth-order valence-electron chi connectivity index (χ4n) is 2.46. The first-order valence-corrected chi connectivity index (χ1v) is 9.70. The fourth-order valence-corrected chi connectivity index (χ4v) is 2.46. The normalized spacial score (nSPS) is 13.0. The van der Waals surface area contributed by atoms with Crippen molar-refractivity contribution in [2.24, 2.45) is 16.8 Å². The molecule has 0 spiro atoms. The van der Waals surface area contributed by atoms with Crippen LogP contribution < -0.4 is 11.1 Å². The molecule has 1 aromatic rings. The zero-order valence-electron chi connectivity index (χ0n) is 18.3. The van der Waals surface area contributed by atoms with E-state index in [0.29, 0.717) is 13.0 Å². The first-order valence-electron chi connectivity index (χ1n) is 9.70. The molecule has 8 heteroatoms. The lowest BCUT2D eigenvalue weighted by Crippen LogP contribution is -2.47. The van der Waals surface area contributed by atoms with Gasteiger partial charge in [0.1, 0.15) is 5.60 Å². The van der Waals surface area contributed by atoms with Crippen LogP contribution in [0.25, 0.3) is 0 Å². The highest BCUT2D eigenvalue weighted by Gasteiger charge is 2.23. The highest BCUT2D eigenvalue weighted by Crippen LogP contribution is 2.10. The molecule has 1 unspecified atom stereocenters. The average molecular weight is 407 g/mol. The molecule has 0 aliphatic rings. The molecular weight excluding hydrogens is 372 g/mol. The number of carbonyl (C=O) groups excluding carboxylic acids is 2. The molecule has 0 saturated carbocycles. The van der Waals surface area contributed by atoms with E-state index < -0.39 is 17.7 Å². The Labute approximate surface area is 173 Å². The molecule has 1 atom stereocenters. The predicted molar refractivity (Wildman–Crippen MR) is 113 cm³/mol. The molecule has 0 aromatic heterocycles. The van der Waals surface area contributed by atoms with Crippen molar-refractivity contribution in [1.82, 2.24) is 10.2 Å². The van der Waals surface area contributed by atoms with Crippen molar-refractivity contribution in [2.45, 2.75) is 59.2 Å². The Bertz CT molecular complexity index is 684. The van der Waals surface area contributed by atoms with Gasteiger partial charge in [0.05, 0.1) is 6.04 Å². The quantitative estimate of drug-likeness (QED) is 0.373. The second kappa shape index (κ2) is 11.3. The van der Waals surface area contributed by atoms with E-state index in [1.54, 1.807) is 32.7 Å². The number of amidine groups is 1. The summed E-state index contributed by atoms with van der Waals surface area (Å²) in [5, 5.41) is 6.54. The van der Waals surface area contributed by atoms with Crippen LogP contribution in [-0.4, -0.2) is 48.0 Å². The monoisotopic (exact) mass is 406 g/mol. The number of nitrogens with one attached hydrogen (secondary N) is 1. The zero-order valence-corrected chi connectivity index (χ0v) is 18.3. The summed E-state index contributed by atoms with van der Waals surface area (Å²) in [6.07, 6.45) is -0.0280. The number of amides is 2. The largest absolute Gasteiger partial charge is 0.444 e. The van der Waals surface area contributed by atoms with Gasteiger partial charge >= 0.3 is 6.09 Å². The zero-order chi connectivity index (χ0) is 22.0. The summed E-state index contributed by atoms with van der Waals surface area (Å²) in [5.41, 5.74) is 6.39. The third-order valence-corrected chi connectivity index (χ3v) is 3.80. The smallest absolute Gasteiger partial charge is 0.408 e. The minimum Gasteiger partial charge on any atom is -0.444 e. The van der Waals surface area contributed by atoms with Crippen molar-refractivity contribution in [1.29, 1.82) is 0 Å². The maximum Gasteiger partial charge on any atom is 0.408 e. The SMILES string of the molecule is CC(C)CC(NC(=O)OC(C)(C)C)/C(N)=N/OCC(=O)N(C)Cc1ccccc1. The second-order valence-electron chi connectivity index (χ2n) is 8.35. The van der Waals surface area contributed by atoms with Crippen LogP contribution in [0.1, 0.15) is 46.6 Å². The van der Waals surface area contributed by atoms with Crippen molar-refractivity contribution in [3.05, 3.63) is 35.9 Å². The molecule has 0 fully saturated rings. The Balaban J connectivity index is 2.60. The molecule has 162 valence electrons. The van der Waals surface area contributed by atoms with E-state index in [1.165, 1.54) is 0 Å². The first-order chi connectivity index (χ1) is 13.5. The van der Waals surface area contributed by atoms with E-state index in [4.69, 9.17) is 15.3 Å². The topological polar surface area (TPSA) is 106 Å². The minimum absolute atomic E-state index is 0.0862. The molecule has 0 radical (unpaired) electrons. The van der Waals surface area contributed by atoms with Crippen LogP contribution in [0.5, 0.6) is 0 Å². The van der Waals surface area contributed by atoms with Crippen LogP contribution in [-0.2, 0) is 20.9 Å². The number of hydrogen-bond donors (Lipinski definition) is 2. The van der Waals surface area contributed by atoms with Crippen molar-refractivity contribution in [3.63, 3.8) is 0 Å². The summed E-state index contributed by atoms with van der Waals surface area (Å²) in [5.74, 6) is 0.108. The number of ether oxygens (including phenoxy) is 1. The molecule has 0 aliphatic carbocycles. The van der Waals surface area contributed by atoms with Gasteiger partial charge in [-0.15, -0.1) is 0 Å². The van der Waals surface area contributed by atoms with E-state index >= 15 is 0 Å². The van der Waals surface area contributed by atoms with E-state index in [0.717, 1.165) is 5.56 Å².